The van der Waals surface area contributed by atoms with E-state index < -0.39 is 17.4 Å². The SMILES string of the molecule is CCOC(=O)[C@@H]1[C@H]2C(=O)N(c3ccc(C)cc3)C[C@@]23C=C[C@H]1O3. The fourth-order valence-electron chi connectivity index (χ4n) is 3.95. The predicted molar refractivity (Wildman–Crippen MR) is 83.9 cm³/mol. The van der Waals surface area contributed by atoms with Gasteiger partial charge < -0.3 is 14.4 Å². The molecule has 23 heavy (non-hydrogen) atoms. The molecule has 0 unspecified atom stereocenters. The van der Waals surface area contributed by atoms with E-state index in [0.717, 1.165) is 11.3 Å². The first kappa shape index (κ1) is 14.5. The van der Waals surface area contributed by atoms with Gasteiger partial charge >= 0.3 is 5.97 Å². The number of nitrogens with zero attached hydrogens (tertiary/aromatic N) is 1. The molecule has 120 valence electrons. The summed E-state index contributed by atoms with van der Waals surface area (Å²) in [5.41, 5.74) is 1.29. The smallest absolute Gasteiger partial charge is 0.312 e. The largest absolute Gasteiger partial charge is 0.466 e. The van der Waals surface area contributed by atoms with Crippen molar-refractivity contribution in [2.24, 2.45) is 11.8 Å². The maximum Gasteiger partial charge on any atom is 0.312 e. The minimum absolute atomic E-state index is 0.0567. The molecule has 4 atom stereocenters. The molecule has 0 N–H and O–H groups in total. The number of carbonyl (C=O) groups excluding carboxylic acids is 2. The first-order chi connectivity index (χ1) is 11.1. The number of hydrogen-bond acceptors (Lipinski definition) is 4. The molecule has 5 nitrogen and oxygen atoms in total. The Morgan fingerprint density at radius 1 is 1.39 bits per heavy atom. The van der Waals surface area contributed by atoms with Crippen LogP contribution in [0.4, 0.5) is 5.69 Å². The van der Waals surface area contributed by atoms with Crippen molar-refractivity contribution in [1.82, 2.24) is 0 Å². The molecule has 0 aromatic heterocycles. The summed E-state index contributed by atoms with van der Waals surface area (Å²) in [7, 11) is 0. The van der Waals surface area contributed by atoms with E-state index in [-0.39, 0.29) is 18.0 Å². The molecule has 0 saturated carbocycles. The average molecular weight is 313 g/mol. The minimum Gasteiger partial charge on any atom is -0.466 e. The number of aryl methyl sites for hydroxylation is 1. The Labute approximate surface area is 134 Å². The van der Waals surface area contributed by atoms with Gasteiger partial charge in [-0.1, -0.05) is 29.8 Å². The summed E-state index contributed by atoms with van der Waals surface area (Å²) >= 11 is 0. The highest BCUT2D eigenvalue weighted by Crippen LogP contribution is 2.52. The van der Waals surface area contributed by atoms with Crippen molar-refractivity contribution in [2.45, 2.75) is 25.6 Å². The van der Waals surface area contributed by atoms with Crippen LogP contribution < -0.4 is 4.90 Å². The molecule has 0 aliphatic carbocycles. The summed E-state index contributed by atoms with van der Waals surface area (Å²) in [6.45, 7) is 4.53. The van der Waals surface area contributed by atoms with Gasteiger partial charge in [-0.25, -0.2) is 0 Å². The summed E-state index contributed by atoms with van der Waals surface area (Å²) < 4.78 is 11.2. The molecule has 1 spiro atoms. The molecule has 1 aromatic carbocycles. The summed E-state index contributed by atoms with van der Waals surface area (Å²) in [5.74, 6) is -1.42. The maximum atomic E-state index is 13.0. The summed E-state index contributed by atoms with van der Waals surface area (Å²) in [5, 5.41) is 0. The van der Waals surface area contributed by atoms with Crippen LogP contribution in [0.3, 0.4) is 0 Å². The molecule has 3 aliphatic rings. The van der Waals surface area contributed by atoms with Crippen LogP contribution in [-0.4, -0.2) is 36.7 Å². The van der Waals surface area contributed by atoms with Gasteiger partial charge in [0, 0.05) is 5.69 Å². The molecular weight excluding hydrogens is 294 g/mol. The fraction of sp³-hybridized carbons (Fsp3) is 0.444. The number of anilines is 1. The van der Waals surface area contributed by atoms with E-state index in [4.69, 9.17) is 9.47 Å². The molecule has 2 fully saturated rings. The second kappa shape index (κ2) is 4.93. The van der Waals surface area contributed by atoms with Crippen LogP contribution in [0.2, 0.25) is 0 Å². The highest BCUT2D eigenvalue weighted by molar-refractivity contribution is 6.02. The van der Waals surface area contributed by atoms with E-state index in [1.165, 1.54) is 0 Å². The third-order valence-electron chi connectivity index (χ3n) is 5.00. The third-order valence-corrected chi connectivity index (χ3v) is 5.00. The molecule has 2 saturated heterocycles. The first-order valence-electron chi connectivity index (χ1n) is 7.97. The van der Waals surface area contributed by atoms with Crippen LogP contribution in [0.25, 0.3) is 0 Å². The molecule has 4 rings (SSSR count). The Morgan fingerprint density at radius 2 is 2.13 bits per heavy atom. The van der Waals surface area contributed by atoms with E-state index in [1.54, 1.807) is 11.8 Å². The zero-order valence-electron chi connectivity index (χ0n) is 13.2. The monoisotopic (exact) mass is 313 g/mol. The zero-order chi connectivity index (χ0) is 16.2. The zero-order valence-corrected chi connectivity index (χ0v) is 13.2. The summed E-state index contributed by atoms with van der Waals surface area (Å²) in [6.07, 6.45) is 3.50. The van der Waals surface area contributed by atoms with Gasteiger partial charge in [0.1, 0.15) is 11.5 Å². The minimum atomic E-state index is -0.690. The Kier molecular flexibility index (Phi) is 3.10. The maximum absolute atomic E-state index is 13.0. The highest BCUT2D eigenvalue weighted by atomic mass is 16.6. The average Bonchev–Trinajstić information content (AvgIpc) is 3.17. The number of carbonyl (C=O) groups is 2. The van der Waals surface area contributed by atoms with Gasteiger partial charge in [0.2, 0.25) is 5.91 Å². The molecule has 3 aliphatic heterocycles. The molecule has 0 radical (unpaired) electrons. The topological polar surface area (TPSA) is 55.8 Å². The molecule has 1 amide bonds. The Bertz CT molecular complexity index is 695. The lowest BCUT2D eigenvalue weighted by atomic mass is 9.77. The van der Waals surface area contributed by atoms with Gasteiger partial charge in [-0.3, -0.25) is 9.59 Å². The number of hydrogen-bond donors (Lipinski definition) is 0. The normalized spacial score (nSPS) is 34.1. The number of ether oxygens (including phenoxy) is 2. The molecule has 2 bridgehead atoms. The van der Waals surface area contributed by atoms with E-state index in [9.17, 15) is 9.59 Å². The van der Waals surface area contributed by atoms with Crippen molar-refractivity contribution in [2.75, 3.05) is 18.1 Å². The molecule has 5 heteroatoms. The van der Waals surface area contributed by atoms with E-state index in [0.29, 0.717) is 13.2 Å². The van der Waals surface area contributed by atoms with Gasteiger partial charge in [-0.2, -0.15) is 0 Å². The van der Waals surface area contributed by atoms with Crippen LogP contribution in [-0.2, 0) is 19.1 Å². The molecule has 1 aromatic rings. The predicted octanol–water partition coefficient (Wildman–Crippen LogP) is 1.84. The number of rotatable bonds is 3. The van der Waals surface area contributed by atoms with Gasteiger partial charge in [0.25, 0.3) is 0 Å². The Balaban J connectivity index is 1.68. The lowest BCUT2D eigenvalue weighted by molar-refractivity contribution is -0.151. The van der Waals surface area contributed by atoms with Gasteiger partial charge in [0.15, 0.2) is 0 Å². The van der Waals surface area contributed by atoms with Crippen molar-refractivity contribution in [3.05, 3.63) is 42.0 Å². The summed E-state index contributed by atoms with van der Waals surface area (Å²) in [6, 6.07) is 7.82. The van der Waals surface area contributed by atoms with Gasteiger partial charge in [0.05, 0.1) is 25.2 Å². The van der Waals surface area contributed by atoms with Crippen LogP contribution >= 0.6 is 0 Å². The van der Waals surface area contributed by atoms with Crippen molar-refractivity contribution >= 4 is 17.6 Å². The van der Waals surface area contributed by atoms with Crippen molar-refractivity contribution < 1.29 is 19.1 Å². The van der Waals surface area contributed by atoms with E-state index >= 15 is 0 Å². The fourth-order valence-corrected chi connectivity index (χ4v) is 3.95. The van der Waals surface area contributed by atoms with Crippen LogP contribution in [0, 0.1) is 18.8 Å². The van der Waals surface area contributed by atoms with Crippen LogP contribution in [0.15, 0.2) is 36.4 Å². The quantitative estimate of drug-likeness (QED) is 0.631. The second-order valence-electron chi connectivity index (χ2n) is 6.41. The second-order valence-corrected chi connectivity index (χ2v) is 6.41. The van der Waals surface area contributed by atoms with Crippen LogP contribution in [0.5, 0.6) is 0 Å². The molecular formula is C18H19NO4. The van der Waals surface area contributed by atoms with Crippen molar-refractivity contribution in [3.8, 4) is 0 Å². The number of amides is 1. The highest BCUT2D eigenvalue weighted by Gasteiger charge is 2.67. The van der Waals surface area contributed by atoms with E-state index in [1.807, 2.05) is 43.3 Å². The molecule has 3 heterocycles. The number of fused-ring (bicyclic) bond motifs is 1. The lowest BCUT2D eigenvalue weighted by Crippen LogP contribution is -2.40. The van der Waals surface area contributed by atoms with Gasteiger partial charge in [-0.05, 0) is 26.0 Å². The number of esters is 1. The Morgan fingerprint density at radius 3 is 2.83 bits per heavy atom. The number of benzene rings is 1. The van der Waals surface area contributed by atoms with Crippen molar-refractivity contribution in [3.63, 3.8) is 0 Å². The Hall–Kier alpha value is -2.14. The standard InChI is InChI=1S/C18H19NO4/c1-3-22-17(21)14-13-8-9-18(23-13)10-19(16(20)15(14)18)12-6-4-11(2)5-7-12/h4-9,13-15H,3,10H2,1-2H3/t13-,14+,15+,18+/m1/s1. The van der Waals surface area contributed by atoms with E-state index in [2.05, 4.69) is 0 Å². The first-order valence-corrected chi connectivity index (χ1v) is 7.97. The van der Waals surface area contributed by atoms with Gasteiger partial charge in [-0.15, -0.1) is 0 Å². The summed E-state index contributed by atoms with van der Waals surface area (Å²) in [4.78, 5) is 27.0. The third kappa shape index (κ3) is 1.96. The lowest BCUT2D eigenvalue weighted by Gasteiger charge is -2.22. The van der Waals surface area contributed by atoms with Crippen molar-refractivity contribution in [1.29, 1.82) is 0 Å². The van der Waals surface area contributed by atoms with Crippen LogP contribution in [0.1, 0.15) is 12.5 Å².